The fourth-order valence-electron chi connectivity index (χ4n) is 1.21. The molecule has 0 fully saturated rings. The summed E-state index contributed by atoms with van der Waals surface area (Å²) in [6, 6.07) is 11.7. The highest BCUT2D eigenvalue weighted by molar-refractivity contribution is 5.62. The van der Waals surface area contributed by atoms with Crippen LogP contribution in [-0.4, -0.2) is 4.98 Å². The molecule has 2 rings (SSSR count). The SMILES string of the molecule is [CH]c1ccc(-c2cccnc2)cc1. The summed E-state index contributed by atoms with van der Waals surface area (Å²) in [5.74, 6) is 0. The second kappa shape index (κ2) is 3.40. The highest BCUT2D eigenvalue weighted by atomic mass is 14.6. The Labute approximate surface area is 78.1 Å². The highest BCUT2D eigenvalue weighted by Gasteiger charge is 1.94. The Morgan fingerprint density at radius 3 is 2.31 bits per heavy atom. The van der Waals surface area contributed by atoms with E-state index in [1.54, 1.807) is 6.20 Å². The Balaban J connectivity index is 2.42. The van der Waals surface area contributed by atoms with Gasteiger partial charge >= 0.3 is 0 Å². The third kappa shape index (κ3) is 1.75. The van der Waals surface area contributed by atoms with Crippen molar-refractivity contribution in [2.75, 3.05) is 0 Å². The van der Waals surface area contributed by atoms with Gasteiger partial charge in [-0.25, -0.2) is 0 Å². The molecule has 2 aromatic rings. The van der Waals surface area contributed by atoms with Crippen LogP contribution in [0.1, 0.15) is 5.56 Å². The van der Waals surface area contributed by atoms with Crippen molar-refractivity contribution >= 4 is 0 Å². The number of hydrogen-bond acceptors (Lipinski definition) is 1. The number of nitrogens with zero attached hydrogens (tertiary/aromatic N) is 1. The van der Waals surface area contributed by atoms with Crippen molar-refractivity contribution in [2.45, 2.75) is 0 Å². The standard InChI is InChI=1S/C12H9N/c1-10-4-6-11(7-5-10)12-3-2-8-13-9-12/h1-9H. The highest BCUT2D eigenvalue weighted by Crippen LogP contribution is 2.17. The summed E-state index contributed by atoms with van der Waals surface area (Å²) in [5.41, 5.74) is 3.04. The summed E-state index contributed by atoms with van der Waals surface area (Å²) in [5, 5.41) is 0. The Morgan fingerprint density at radius 2 is 1.69 bits per heavy atom. The van der Waals surface area contributed by atoms with Gasteiger partial charge in [0.25, 0.3) is 0 Å². The average molecular weight is 167 g/mol. The van der Waals surface area contributed by atoms with Crippen molar-refractivity contribution in [2.24, 2.45) is 0 Å². The van der Waals surface area contributed by atoms with Crippen LogP contribution in [0, 0.1) is 6.92 Å². The molecule has 13 heavy (non-hydrogen) atoms. The van der Waals surface area contributed by atoms with Crippen LogP contribution in [0.5, 0.6) is 0 Å². The number of hydrogen-bond donors (Lipinski definition) is 0. The van der Waals surface area contributed by atoms with Crippen LogP contribution >= 0.6 is 0 Å². The first-order chi connectivity index (χ1) is 6.36. The zero-order valence-electron chi connectivity index (χ0n) is 7.14. The molecule has 0 aliphatic carbocycles. The molecule has 0 saturated heterocycles. The van der Waals surface area contributed by atoms with Gasteiger partial charge in [-0.15, -0.1) is 0 Å². The molecule has 1 heterocycles. The van der Waals surface area contributed by atoms with E-state index in [-0.39, 0.29) is 0 Å². The minimum absolute atomic E-state index is 0.785. The number of rotatable bonds is 1. The van der Waals surface area contributed by atoms with Gasteiger partial charge in [-0.1, -0.05) is 30.3 Å². The fourth-order valence-corrected chi connectivity index (χ4v) is 1.21. The van der Waals surface area contributed by atoms with Crippen LogP contribution in [0.4, 0.5) is 0 Å². The van der Waals surface area contributed by atoms with Crippen molar-refractivity contribution in [3.05, 3.63) is 61.3 Å². The molecule has 2 radical (unpaired) electrons. The molecule has 0 saturated carbocycles. The van der Waals surface area contributed by atoms with Crippen LogP contribution < -0.4 is 0 Å². The maximum absolute atomic E-state index is 5.59. The quantitative estimate of drug-likeness (QED) is 0.636. The summed E-state index contributed by atoms with van der Waals surface area (Å²) in [6.45, 7) is 5.59. The second-order valence-electron chi connectivity index (χ2n) is 2.86. The number of pyridine rings is 1. The van der Waals surface area contributed by atoms with Gasteiger partial charge in [-0.3, -0.25) is 4.98 Å². The topological polar surface area (TPSA) is 12.9 Å². The molecule has 0 amide bonds. The van der Waals surface area contributed by atoms with E-state index in [9.17, 15) is 0 Å². The molecule has 0 spiro atoms. The summed E-state index contributed by atoms with van der Waals surface area (Å²) in [6.07, 6.45) is 3.60. The molecule has 0 atom stereocenters. The zero-order valence-corrected chi connectivity index (χ0v) is 7.14. The van der Waals surface area contributed by atoms with Crippen molar-refractivity contribution < 1.29 is 0 Å². The molecular weight excluding hydrogens is 158 g/mol. The minimum atomic E-state index is 0.785. The first-order valence-electron chi connectivity index (χ1n) is 4.12. The van der Waals surface area contributed by atoms with E-state index in [1.807, 2.05) is 42.6 Å². The van der Waals surface area contributed by atoms with Crippen LogP contribution in [0.25, 0.3) is 11.1 Å². The molecule has 0 unspecified atom stereocenters. The number of aromatic nitrogens is 1. The molecule has 0 N–H and O–H groups in total. The third-order valence-electron chi connectivity index (χ3n) is 1.91. The van der Waals surface area contributed by atoms with Gasteiger partial charge in [0.2, 0.25) is 0 Å². The van der Waals surface area contributed by atoms with Crippen LogP contribution in [0.15, 0.2) is 48.8 Å². The van der Waals surface area contributed by atoms with Crippen molar-refractivity contribution in [3.63, 3.8) is 0 Å². The molecule has 0 bridgehead atoms. The van der Waals surface area contributed by atoms with E-state index < -0.39 is 0 Å². The van der Waals surface area contributed by atoms with Crippen LogP contribution in [-0.2, 0) is 0 Å². The lowest BCUT2D eigenvalue weighted by molar-refractivity contribution is 1.33. The van der Waals surface area contributed by atoms with E-state index in [0.717, 1.165) is 16.7 Å². The molecule has 1 aromatic heterocycles. The molecule has 1 nitrogen and oxygen atoms in total. The smallest absolute Gasteiger partial charge is 0.0346 e. The van der Waals surface area contributed by atoms with Crippen LogP contribution in [0.2, 0.25) is 0 Å². The lowest BCUT2D eigenvalue weighted by atomic mass is 10.1. The van der Waals surface area contributed by atoms with E-state index >= 15 is 0 Å². The van der Waals surface area contributed by atoms with E-state index in [0.29, 0.717) is 0 Å². The minimum Gasteiger partial charge on any atom is -0.264 e. The Hall–Kier alpha value is -1.63. The molecule has 0 aliphatic heterocycles. The lowest BCUT2D eigenvalue weighted by Gasteiger charge is -2.00. The predicted molar refractivity (Wildman–Crippen MR) is 53.1 cm³/mol. The van der Waals surface area contributed by atoms with Crippen molar-refractivity contribution in [1.29, 1.82) is 0 Å². The normalized spacial score (nSPS) is 9.92. The predicted octanol–water partition coefficient (Wildman–Crippen LogP) is 2.81. The number of benzene rings is 1. The lowest BCUT2D eigenvalue weighted by Crippen LogP contribution is -1.78. The summed E-state index contributed by atoms with van der Waals surface area (Å²) >= 11 is 0. The molecular formula is C12H9N. The van der Waals surface area contributed by atoms with Gasteiger partial charge in [-0.2, -0.15) is 0 Å². The van der Waals surface area contributed by atoms with Gasteiger partial charge < -0.3 is 0 Å². The molecule has 0 aliphatic rings. The van der Waals surface area contributed by atoms with Gasteiger partial charge in [0, 0.05) is 12.4 Å². The Morgan fingerprint density at radius 1 is 0.923 bits per heavy atom. The van der Waals surface area contributed by atoms with Crippen LogP contribution in [0.3, 0.4) is 0 Å². The first kappa shape index (κ1) is 7.99. The van der Waals surface area contributed by atoms with Crippen molar-refractivity contribution in [1.82, 2.24) is 4.98 Å². The summed E-state index contributed by atoms with van der Waals surface area (Å²) < 4.78 is 0. The monoisotopic (exact) mass is 167 g/mol. The second-order valence-corrected chi connectivity index (χ2v) is 2.86. The van der Waals surface area contributed by atoms with Crippen molar-refractivity contribution in [3.8, 4) is 11.1 Å². The van der Waals surface area contributed by atoms with E-state index in [2.05, 4.69) is 4.98 Å². The maximum Gasteiger partial charge on any atom is 0.0346 e. The largest absolute Gasteiger partial charge is 0.264 e. The Kier molecular flexibility index (Phi) is 2.09. The zero-order chi connectivity index (χ0) is 9.10. The van der Waals surface area contributed by atoms with Gasteiger partial charge in [0.1, 0.15) is 0 Å². The Bertz CT molecular complexity index is 376. The first-order valence-corrected chi connectivity index (χ1v) is 4.12. The van der Waals surface area contributed by atoms with Gasteiger partial charge in [0.15, 0.2) is 0 Å². The van der Waals surface area contributed by atoms with E-state index in [1.165, 1.54) is 0 Å². The van der Waals surface area contributed by atoms with Gasteiger partial charge in [0.05, 0.1) is 0 Å². The molecule has 62 valence electrons. The average Bonchev–Trinajstić information content (AvgIpc) is 2.20. The summed E-state index contributed by atoms with van der Waals surface area (Å²) in [7, 11) is 0. The molecule has 1 aromatic carbocycles. The maximum atomic E-state index is 5.59. The fraction of sp³-hybridized carbons (Fsp3) is 0. The molecule has 1 heteroatoms. The summed E-state index contributed by atoms with van der Waals surface area (Å²) in [4.78, 5) is 4.05. The third-order valence-corrected chi connectivity index (χ3v) is 1.91. The van der Waals surface area contributed by atoms with E-state index in [4.69, 9.17) is 6.92 Å². The van der Waals surface area contributed by atoms with Gasteiger partial charge in [-0.05, 0) is 29.7 Å².